The van der Waals surface area contributed by atoms with E-state index in [-0.39, 0.29) is 24.0 Å². The summed E-state index contributed by atoms with van der Waals surface area (Å²) >= 11 is 6.09. The predicted octanol–water partition coefficient (Wildman–Crippen LogP) is 0.526. The van der Waals surface area contributed by atoms with Crippen LogP contribution in [0.4, 0.5) is 0 Å². The molecule has 5 N–H and O–H groups in total. The minimum atomic E-state index is -0.358. The summed E-state index contributed by atoms with van der Waals surface area (Å²) in [5.41, 5.74) is 12.3. The van der Waals surface area contributed by atoms with E-state index in [4.69, 9.17) is 17.3 Å². The van der Waals surface area contributed by atoms with E-state index in [9.17, 15) is 4.79 Å². The van der Waals surface area contributed by atoms with Crippen molar-refractivity contribution in [2.24, 2.45) is 11.7 Å². The quantitative estimate of drug-likeness (QED) is 0.645. The lowest BCUT2D eigenvalue weighted by molar-refractivity contribution is -0.125. The van der Waals surface area contributed by atoms with Crippen molar-refractivity contribution < 1.29 is 4.79 Å². The number of hydrogen-bond donors (Lipinski definition) is 4. The zero-order chi connectivity index (χ0) is 13.1. The van der Waals surface area contributed by atoms with Crippen molar-refractivity contribution >= 4 is 17.5 Å². The zero-order valence-electron chi connectivity index (χ0n) is 10.1. The van der Waals surface area contributed by atoms with Crippen LogP contribution in [-0.4, -0.2) is 18.6 Å². The number of nitrogens with one attached hydrogen (secondary N) is 3. The number of benzene rings is 1. The molecule has 1 aliphatic heterocycles. The smallest absolute Gasteiger partial charge is 0.227 e. The summed E-state index contributed by atoms with van der Waals surface area (Å²) < 4.78 is 0. The average Bonchev–Trinajstić information content (AvgIpc) is 2.76. The van der Waals surface area contributed by atoms with Gasteiger partial charge in [0.05, 0.1) is 18.1 Å². The van der Waals surface area contributed by atoms with E-state index < -0.39 is 0 Å². The summed E-state index contributed by atoms with van der Waals surface area (Å²) in [6.07, 6.45) is -0.358. The van der Waals surface area contributed by atoms with Crippen LogP contribution in [0.2, 0.25) is 5.02 Å². The number of carbonyl (C=O) groups is 1. The molecule has 98 valence electrons. The van der Waals surface area contributed by atoms with Gasteiger partial charge in [-0.2, -0.15) is 0 Å². The maximum absolute atomic E-state index is 12.0. The molecule has 0 spiro atoms. The molecule has 5 nitrogen and oxygen atoms in total. The molecule has 0 aromatic heterocycles. The second-order valence-corrected chi connectivity index (χ2v) is 4.82. The molecule has 6 heteroatoms. The summed E-state index contributed by atoms with van der Waals surface area (Å²) in [6.45, 7) is 2.43. The Morgan fingerprint density at radius 3 is 2.89 bits per heavy atom. The van der Waals surface area contributed by atoms with Crippen molar-refractivity contribution in [1.82, 2.24) is 16.2 Å². The number of rotatable bonds is 3. The van der Waals surface area contributed by atoms with Crippen LogP contribution in [0, 0.1) is 5.92 Å². The average molecular weight is 269 g/mol. The van der Waals surface area contributed by atoms with E-state index in [1.807, 2.05) is 31.2 Å². The van der Waals surface area contributed by atoms with Crippen LogP contribution in [0.25, 0.3) is 0 Å². The fraction of sp³-hybridized carbons (Fsp3) is 0.417. The van der Waals surface area contributed by atoms with Gasteiger partial charge >= 0.3 is 0 Å². The van der Waals surface area contributed by atoms with Crippen molar-refractivity contribution in [1.29, 1.82) is 0 Å². The van der Waals surface area contributed by atoms with Gasteiger partial charge < -0.3 is 11.1 Å². The van der Waals surface area contributed by atoms with Crippen molar-refractivity contribution in [3.05, 3.63) is 34.9 Å². The number of nitrogens with two attached hydrogens (primary N) is 1. The monoisotopic (exact) mass is 268 g/mol. The molecule has 18 heavy (non-hydrogen) atoms. The fourth-order valence-corrected chi connectivity index (χ4v) is 2.29. The predicted molar refractivity (Wildman–Crippen MR) is 70.6 cm³/mol. The molecule has 1 saturated heterocycles. The van der Waals surface area contributed by atoms with Gasteiger partial charge in [-0.15, -0.1) is 0 Å². The van der Waals surface area contributed by atoms with Gasteiger partial charge in [0.25, 0.3) is 0 Å². The first-order valence-electron chi connectivity index (χ1n) is 5.88. The molecule has 0 saturated carbocycles. The van der Waals surface area contributed by atoms with Gasteiger partial charge in [-0.05, 0) is 18.6 Å². The van der Waals surface area contributed by atoms with Gasteiger partial charge in [0.1, 0.15) is 0 Å². The Morgan fingerprint density at radius 1 is 1.56 bits per heavy atom. The molecular weight excluding hydrogens is 252 g/mol. The van der Waals surface area contributed by atoms with E-state index in [1.165, 1.54) is 0 Å². The van der Waals surface area contributed by atoms with Crippen LogP contribution in [-0.2, 0) is 4.79 Å². The lowest BCUT2D eigenvalue weighted by Crippen LogP contribution is -2.45. The van der Waals surface area contributed by atoms with E-state index in [0.29, 0.717) is 11.6 Å². The van der Waals surface area contributed by atoms with Gasteiger partial charge in [-0.25, -0.2) is 5.43 Å². The maximum atomic E-state index is 12.0. The standard InChI is InChI=1S/C12H17ClN4O/c1-7(8-4-2-3-5-10(8)13)16-12(18)9-6-15-17-11(9)14/h2-5,7,9,11,15,17H,6,14H2,1H3,(H,16,18). The molecule has 2 rings (SSSR count). The van der Waals surface area contributed by atoms with Crippen molar-refractivity contribution in [3.63, 3.8) is 0 Å². The second-order valence-electron chi connectivity index (χ2n) is 4.41. The topological polar surface area (TPSA) is 79.2 Å². The third-order valence-electron chi connectivity index (χ3n) is 3.09. The lowest BCUT2D eigenvalue weighted by Gasteiger charge is -2.19. The number of hydrazine groups is 1. The Bertz CT molecular complexity index is 440. The van der Waals surface area contributed by atoms with Crippen LogP contribution in [0.15, 0.2) is 24.3 Å². The van der Waals surface area contributed by atoms with Gasteiger partial charge in [-0.3, -0.25) is 10.2 Å². The van der Waals surface area contributed by atoms with Gasteiger partial charge in [-0.1, -0.05) is 29.8 Å². The van der Waals surface area contributed by atoms with E-state index in [1.54, 1.807) is 0 Å². The van der Waals surface area contributed by atoms with Gasteiger partial charge in [0.2, 0.25) is 5.91 Å². The van der Waals surface area contributed by atoms with Gasteiger partial charge in [0, 0.05) is 11.6 Å². The molecule has 0 aliphatic carbocycles. The van der Waals surface area contributed by atoms with Crippen molar-refractivity contribution in [3.8, 4) is 0 Å². The van der Waals surface area contributed by atoms with E-state index in [0.717, 1.165) is 5.56 Å². The van der Waals surface area contributed by atoms with Crippen LogP contribution < -0.4 is 21.9 Å². The van der Waals surface area contributed by atoms with Crippen LogP contribution in [0.5, 0.6) is 0 Å². The summed E-state index contributed by atoms with van der Waals surface area (Å²) in [5, 5.41) is 3.58. The molecular formula is C12H17ClN4O. The molecule has 1 aromatic carbocycles. The zero-order valence-corrected chi connectivity index (χ0v) is 10.9. The minimum absolute atomic E-state index is 0.0765. The highest BCUT2D eigenvalue weighted by atomic mass is 35.5. The third-order valence-corrected chi connectivity index (χ3v) is 3.44. The Kier molecular flexibility index (Phi) is 4.19. The third kappa shape index (κ3) is 2.81. The summed E-state index contributed by atoms with van der Waals surface area (Å²) in [5.74, 6) is -0.345. The molecule has 0 radical (unpaired) electrons. The fourth-order valence-electron chi connectivity index (χ4n) is 1.99. The van der Waals surface area contributed by atoms with Crippen molar-refractivity contribution in [2.75, 3.05) is 6.54 Å². The van der Waals surface area contributed by atoms with Gasteiger partial charge in [0.15, 0.2) is 0 Å². The first kappa shape index (κ1) is 13.3. The highest BCUT2D eigenvalue weighted by molar-refractivity contribution is 6.31. The van der Waals surface area contributed by atoms with E-state index in [2.05, 4.69) is 16.2 Å². The molecule has 1 aromatic rings. The van der Waals surface area contributed by atoms with Crippen molar-refractivity contribution in [2.45, 2.75) is 19.1 Å². The van der Waals surface area contributed by atoms with Crippen LogP contribution >= 0.6 is 11.6 Å². The number of halogens is 1. The first-order chi connectivity index (χ1) is 8.59. The molecule has 0 bridgehead atoms. The SMILES string of the molecule is CC(NC(=O)C1CNNC1N)c1ccccc1Cl. The summed E-state index contributed by atoms with van der Waals surface area (Å²) in [4.78, 5) is 12.0. The van der Waals surface area contributed by atoms with E-state index >= 15 is 0 Å². The Balaban J connectivity index is 2.01. The van der Waals surface area contributed by atoms with Crippen LogP contribution in [0.1, 0.15) is 18.5 Å². The largest absolute Gasteiger partial charge is 0.349 e. The molecule has 3 unspecified atom stereocenters. The highest BCUT2D eigenvalue weighted by Crippen LogP contribution is 2.22. The second kappa shape index (κ2) is 5.67. The Labute approximate surface area is 111 Å². The molecule has 3 atom stereocenters. The minimum Gasteiger partial charge on any atom is -0.349 e. The molecule has 1 heterocycles. The number of hydrogen-bond acceptors (Lipinski definition) is 4. The maximum Gasteiger partial charge on any atom is 0.227 e. The number of amides is 1. The number of carbonyl (C=O) groups excluding carboxylic acids is 1. The molecule has 1 aliphatic rings. The van der Waals surface area contributed by atoms with Crippen LogP contribution in [0.3, 0.4) is 0 Å². The first-order valence-corrected chi connectivity index (χ1v) is 6.26. The normalized spacial score (nSPS) is 24.8. The molecule has 1 fully saturated rings. The highest BCUT2D eigenvalue weighted by Gasteiger charge is 2.30. The molecule has 1 amide bonds. The summed E-state index contributed by atoms with van der Waals surface area (Å²) in [7, 11) is 0. The Morgan fingerprint density at radius 2 is 2.28 bits per heavy atom. The lowest BCUT2D eigenvalue weighted by atomic mass is 10.0. The Hall–Kier alpha value is -1.14. The summed E-state index contributed by atoms with van der Waals surface area (Å²) in [6, 6.07) is 7.33.